The van der Waals surface area contributed by atoms with Gasteiger partial charge in [0.25, 0.3) is 0 Å². The minimum absolute atomic E-state index is 0.391. The van der Waals surface area contributed by atoms with Crippen molar-refractivity contribution in [3.63, 3.8) is 0 Å². The van der Waals surface area contributed by atoms with E-state index in [2.05, 4.69) is 0 Å². The second kappa shape index (κ2) is 7.23. The number of hydrogen-bond acceptors (Lipinski definition) is 3. The van der Waals surface area contributed by atoms with Crippen LogP contribution in [0.25, 0.3) is 0 Å². The summed E-state index contributed by atoms with van der Waals surface area (Å²) in [6, 6.07) is 7.99. The fourth-order valence-electron chi connectivity index (χ4n) is 2.61. The molecule has 0 spiro atoms. The molecule has 1 aliphatic rings. The van der Waals surface area contributed by atoms with Gasteiger partial charge >= 0.3 is 0 Å². The van der Waals surface area contributed by atoms with Crippen LogP contribution in [0, 0.1) is 0 Å². The predicted octanol–water partition coefficient (Wildman–Crippen LogP) is 3.19. The van der Waals surface area contributed by atoms with E-state index in [1.807, 2.05) is 43.3 Å². The highest BCUT2D eigenvalue weighted by Crippen LogP contribution is 2.28. The molecule has 0 unspecified atom stereocenters. The van der Waals surface area contributed by atoms with Gasteiger partial charge < -0.3 is 14.7 Å². The number of aliphatic hydroxyl groups is 1. The van der Waals surface area contributed by atoms with Gasteiger partial charge in [0.1, 0.15) is 12.4 Å². The maximum atomic E-state index is 10.4. The van der Waals surface area contributed by atoms with Crippen molar-refractivity contribution in [1.29, 1.82) is 0 Å². The molecule has 116 valence electrons. The Balaban J connectivity index is 1.86. The first-order valence-electron chi connectivity index (χ1n) is 7.63. The summed E-state index contributed by atoms with van der Waals surface area (Å²) in [6.07, 6.45) is 5.89. The molecule has 0 radical (unpaired) electrons. The van der Waals surface area contributed by atoms with E-state index >= 15 is 0 Å². The van der Waals surface area contributed by atoms with Crippen molar-refractivity contribution in [1.82, 2.24) is 4.90 Å². The average molecular weight is 307 g/mol. The molecule has 0 aliphatic heterocycles. The van der Waals surface area contributed by atoms with E-state index in [0.29, 0.717) is 6.61 Å². The van der Waals surface area contributed by atoms with Gasteiger partial charge in [-0.1, -0.05) is 43.6 Å². The molecule has 0 saturated heterocycles. The number of likely N-dealkylation sites (N-methyl/N-ethyl adjacent to an activating group) is 1. The van der Waals surface area contributed by atoms with E-state index in [1.165, 1.54) is 12.0 Å². The zero-order chi connectivity index (χ0) is 15.3. The summed E-state index contributed by atoms with van der Waals surface area (Å²) in [5, 5.41) is 10.4. The minimum atomic E-state index is -0.636. The zero-order valence-corrected chi connectivity index (χ0v) is 13.8. The van der Waals surface area contributed by atoms with Gasteiger partial charge in [0.05, 0.1) is 10.6 Å². The van der Waals surface area contributed by atoms with Crippen molar-refractivity contribution in [2.24, 2.45) is 0 Å². The largest absolute Gasteiger partial charge is 0.491 e. The second-order valence-corrected chi connectivity index (χ2v) is 6.65. The van der Waals surface area contributed by atoms with Crippen LogP contribution in [-0.4, -0.2) is 41.3 Å². The van der Waals surface area contributed by atoms with E-state index in [-0.39, 0.29) is 0 Å². The average Bonchev–Trinajstić information content (AvgIpc) is 2.47. The lowest BCUT2D eigenvalue weighted by Gasteiger charge is -2.31. The molecular weight excluding hydrogens is 282 g/mol. The summed E-state index contributed by atoms with van der Waals surface area (Å²) in [4.78, 5) is 2.87. The Kier molecular flexibility index (Phi) is 5.59. The van der Waals surface area contributed by atoms with Crippen LogP contribution in [0.15, 0.2) is 24.3 Å². The van der Waals surface area contributed by atoms with Crippen LogP contribution >= 0.6 is 12.2 Å². The van der Waals surface area contributed by atoms with Crippen molar-refractivity contribution in [3.8, 4) is 5.75 Å². The van der Waals surface area contributed by atoms with E-state index in [1.54, 1.807) is 0 Å². The van der Waals surface area contributed by atoms with Crippen LogP contribution in [0.5, 0.6) is 5.75 Å². The molecule has 1 aromatic rings. The van der Waals surface area contributed by atoms with Crippen LogP contribution in [-0.2, 0) is 6.42 Å². The molecule has 0 amide bonds. The second-order valence-electron chi connectivity index (χ2n) is 6.18. The lowest BCUT2D eigenvalue weighted by molar-refractivity contribution is -0.0339. The molecule has 0 heterocycles. The number of benzene rings is 1. The van der Waals surface area contributed by atoms with Crippen molar-refractivity contribution >= 4 is 17.2 Å². The summed E-state index contributed by atoms with van der Waals surface area (Å²) in [6.45, 7) is 0.391. The highest BCUT2D eigenvalue weighted by atomic mass is 32.1. The van der Waals surface area contributed by atoms with Crippen LogP contribution in [0.1, 0.15) is 37.7 Å². The van der Waals surface area contributed by atoms with Crippen LogP contribution in [0.4, 0.5) is 0 Å². The molecule has 0 atom stereocenters. The Morgan fingerprint density at radius 3 is 2.38 bits per heavy atom. The lowest BCUT2D eigenvalue weighted by Crippen LogP contribution is -2.37. The predicted molar refractivity (Wildman–Crippen MR) is 90.0 cm³/mol. The Labute approximate surface area is 132 Å². The molecule has 3 nitrogen and oxygen atoms in total. The maximum Gasteiger partial charge on any atom is 0.119 e. The van der Waals surface area contributed by atoms with Gasteiger partial charge in [-0.15, -0.1) is 0 Å². The van der Waals surface area contributed by atoms with Crippen molar-refractivity contribution < 1.29 is 9.84 Å². The third-order valence-corrected chi connectivity index (χ3v) is 4.58. The first-order valence-corrected chi connectivity index (χ1v) is 8.04. The Hall–Kier alpha value is -1.13. The van der Waals surface area contributed by atoms with Crippen molar-refractivity contribution in [2.75, 3.05) is 20.7 Å². The first-order chi connectivity index (χ1) is 9.98. The molecule has 1 fully saturated rings. The molecule has 1 aromatic carbocycles. The third-order valence-electron chi connectivity index (χ3n) is 4.07. The van der Waals surface area contributed by atoms with Gasteiger partial charge in [0.15, 0.2) is 0 Å². The molecule has 1 N–H and O–H groups in total. The zero-order valence-electron chi connectivity index (χ0n) is 13.0. The van der Waals surface area contributed by atoms with Crippen molar-refractivity contribution in [2.45, 2.75) is 44.1 Å². The fourth-order valence-corrected chi connectivity index (χ4v) is 2.77. The van der Waals surface area contributed by atoms with Crippen LogP contribution in [0.3, 0.4) is 0 Å². The molecule has 4 heteroatoms. The van der Waals surface area contributed by atoms with Crippen molar-refractivity contribution in [3.05, 3.63) is 29.8 Å². The fraction of sp³-hybridized carbons (Fsp3) is 0.588. The van der Waals surface area contributed by atoms with E-state index in [9.17, 15) is 5.11 Å². The van der Waals surface area contributed by atoms with E-state index < -0.39 is 5.60 Å². The number of rotatable bonds is 5. The molecule has 1 saturated carbocycles. The maximum absolute atomic E-state index is 10.4. The van der Waals surface area contributed by atoms with Gasteiger partial charge in [0, 0.05) is 20.5 Å². The number of nitrogens with zero attached hydrogens (tertiary/aromatic N) is 1. The topological polar surface area (TPSA) is 32.7 Å². The van der Waals surface area contributed by atoms with E-state index in [4.69, 9.17) is 17.0 Å². The Morgan fingerprint density at radius 2 is 1.81 bits per heavy atom. The summed E-state index contributed by atoms with van der Waals surface area (Å²) < 4.78 is 5.76. The molecule has 0 aromatic heterocycles. The molecule has 0 bridgehead atoms. The van der Waals surface area contributed by atoms with Gasteiger partial charge in [-0.2, -0.15) is 0 Å². The minimum Gasteiger partial charge on any atom is -0.491 e. The Bertz CT molecular complexity index is 464. The smallest absolute Gasteiger partial charge is 0.119 e. The number of thiocarbonyl (C=S) groups is 1. The highest BCUT2D eigenvalue weighted by molar-refractivity contribution is 7.80. The monoisotopic (exact) mass is 307 g/mol. The normalized spacial score (nSPS) is 17.3. The quantitative estimate of drug-likeness (QED) is 0.847. The standard InChI is InChI=1S/C17H25NO2S/c1-18(2)16(21)12-14-6-8-15(9-7-14)20-13-17(19)10-4-3-5-11-17/h6-9,19H,3-5,10-13H2,1-2H3. The summed E-state index contributed by atoms with van der Waals surface area (Å²) in [5.74, 6) is 0.813. The van der Waals surface area contributed by atoms with Gasteiger partial charge in [0.2, 0.25) is 0 Å². The van der Waals surface area contributed by atoms with Gasteiger partial charge in [-0.3, -0.25) is 0 Å². The summed E-state index contributed by atoms with van der Waals surface area (Å²) in [7, 11) is 3.93. The van der Waals surface area contributed by atoms with Gasteiger partial charge in [-0.05, 0) is 30.5 Å². The Morgan fingerprint density at radius 1 is 1.19 bits per heavy atom. The number of hydrogen-bond donors (Lipinski definition) is 1. The summed E-state index contributed by atoms with van der Waals surface area (Å²) in [5.41, 5.74) is 0.543. The third kappa shape index (κ3) is 4.97. The van der Waals surface area contributed by atoms with E-state index in [0.717, 1.165) is 42.8 Å². The first kappa shape index (κ1) is 16.2. The number of ether oxygens (including phenoxy) is 1. The van der Waals surface area contributed by atoms with Gasteiger partial charge in [-0.25, -0.2) is 0 Å². The molecule has 1 aliphatic carbocycles. The molecule has 21 heavy (non-hydrogen) atoms. The summed E-state index contributed by atoms with van der Waals surface area (Å²) >= 11 is 5.31. The SMILES string of the molecule is CN(C)C(=S)Cc1ccc(OCC2(O)CCCCC2)cc1. The lowest BCUT2D eigenvalue weighted by atomic mass is 9.85. The van der Waals surface area contributed by atoms with Crippen LogP contribution < -0.4 is 4.74 Å². The molecule has 2 rings (SSSR count). The molecular formula is C17H25NO2S. The highest BCUT2D eigenvalue weighted by Gasteiger charge is 2.29. The van der Waals surface area contributed by atoms with Crippen LogP contribution in [0.2, 0.25) is 0 Å².